The molecule has 0 spiro atoms. The van der Waals surface area contributed by atoms with Crippen molar-refractivity contribution < 1.29 is 15.6 Å². The summed E-state index contributed by atoms with van der Waals surface area (Å²) in [7, 11) is 0. The molecule has 3 N–H and O–H groups in total. The van der Waals surface area contributed by atoms with E-state index in [1.807, 2.05) is 0 Å². The molecule has 7 nitrogen and oxygen atoms in total. The molecule has 0 aliphatic carbocycles. The van der Waals surface area contributed by atoms with Crippen LogP contribution in [0.25, 0.3) is 0 Å². The van der Waals surface area contributed by atoms with E-state index in [1.54, 1.807) is 18.7 Å². The second kappa shape index (κ2) is 7.74. The first-order chi connectivity index (χ1) is 7.13. The smallest absolute Gasteiger partial charge is 0.0680 e. The molecule has 0 saturated carbocycles. The minimum atomic E-state index is 0.371. The van der Waals surface area contributed by atoms with Gasteiger partial charge in [0.05, 0.1) is 17.6 Å². The Morgan fingerprint density at radius 3 is 1.87 bits per heavy atom. The molecule has 0 aromatic heterocycles. The van der Waals surface area contributed by atoms with Gasteiger partial charge in [0.25, 0.3) is 0 Å². The van der Waals surface area contributed by atoms with Gasteiger partial charge in [-0.2, -0.15) is 0 Å². The molecule has 0 aliphatic rings. The zero-order chi connectivity index (χ0) is 11.7. The summed E-state index contributed by atoms with van der Waals surface area (Å²) < 4.78 is 0. The van der Waals surface area contributed by atoms with Crippen molar-refractivity contribution in [1.82, 2.24) is 4.90 Å². The fourth-order valence-corrected chi connectivity index (χ4v) is 1.05. The van der Waals surface area contributed by atoms with Gasteiger partial charge < -0.3 is 15.6 Å². The van der Waals surface area contributed by atoms with Crippen molar-refractivity contribution in [2.24, 2.45) is 15.5 Å². The molecule has 0 saturated heterocycles. The lowest BCUT2D eigenvalue weighted by Gasteiger charge is -2.18. The molecule has 0 heterocycles. The normalized spacial score (nSPS) is 14.1. The summed E-state index contributed by atoms with van der Waals surface area (Å²) in [5.74, 6) is 0. The van der Waals surface area contributed by atoms with Crippen molar-refractivity contribution in [3.8, 4) is 0 Å². The van der Waals surface area contributed by atoms with Crippen LogP contribution in [0.2, 0.25) is 0 Å². The second-order valence-corrected chi connectivity index (χ2v) is 3.14. The lowest BCUT2D eigenvalue weighted by atomic mass is 10.3. The van der Waals surface area contributed by atoms with Crippen LogP contribution in [0, 0.1) is 0 Å². The Kier molecular flexibility index (Phi) is 6.90. The summed E-state index contributed by atoms with van der Waals surface area (Å²) in [6.07, 6.45) is 1.30. The van der Waals surface area contributed by atoms with Crippen LogP contribution in [0.1, 0.15) is 13.8 Å². The van der Waals surface area contributed by atoms with Gasteiger partial charge in [-0.3, -0.25) is 4.90 Å². The van der Waals surface area contributed by atoms with Crippen molar-refractivity contribution >= 4 is 17.6 Å². The quantitative estimate of drug-likeness (QED) is 0.341. The van der Waals surface area contributed by atoms with Crippen molar-refractivity contribution in [1.29, 1.82) is 0 Å². The van der Waals surface area contributed by atoms with E-state index in [1.165, 1.54) is 6.21 Å². The zero-order valence-corrected chi connectivity index (χ0v) is 8.83. The van der Waals surface area contributed by atoms with E-state index in [0.29, 0.717) is 31.1 Å². The summed E-state index contributed by atoms with van der Waals surface area (Å²) in [5, 5.41) is 34.2. The Bertz CT molecular complexity index is 243. The molecular weight excluding hydrogens is 200 g/mol. The highest BCUT2D eigenvalue weighted by Gasteiger charge is 2.07. The molecule has 0 atom stereocenters. The van der Waals surface area contributed by atoms with Gasteiger partial charge >= 0.3 is 0 Å². The highest BCUT2D eigenvalue weighted by atomic mass is 16.4. The molecular formula is C8H16N4O3. The molecule has 0 aliphatic heterocycles. The number of hydrogen-bond donors (Lipinski definition) is 3. The summed E-state index contributed by atoms with van der Waals surface area (Å²) in [4.78, 5) is 1.78. The molecule has 0 aromatic carbocycles. The third-order valence-corrected chi connectivity index (χ3v) is 1.67. The molecule has 0 bridgehead atoms. The topological polar surface area (TPSA) is 101 Å². The van der Waals surface area contributed by atoms with Gasteiger partial charge in [-0.25, -0.2) is 0 Å². The van der Waals surface area contributed by atoms with Crippen LogP contribution in [0.3, 0.4) is 0 Å². The maximum absolute atomic E-state index is 8.50. The highest BCUT2D eigenvalue weighted by Crippen LogP contribution is 1.91. The zero-order valence-electron chi connectivity index (χ0n) is 8.83. The van der Waals surface area contributed by atoms with E-state index in [2.05, 4.69) is 15.5 Å². The lowest BCUT2D eigenvalue weighted by molar-refractivity contribution is 0.302. The van der Waals surface area contributed by atoms with E-state index < -0.39 is 0 Å². The third kappa shape index (κ3) is 6.44. The van der Waals surface area contributed by atoms with Crippen LogP contribution in [-0.2, 0) is 0 Å². The van der Waals surface area contributed by atoms with E-state index in [0.717, 1.165) is 0 Å². The van der Waals surface area contributed by atoms with Crippen LogP contribution >= 0.6 is 0 Å². The van der Waals surface area contributed by atoms with Crippen LogP contribution < -0.4 is 0 Å². The van der Waals surface area contributed by atoms with Gasteiger partial charge in [-0.1, -0.05) is 10.3 Å². The Morgan fingerprint density at radius 2 is 1.53 bits per heavy atom. The molecule has 0 fully saturated rings. The summed E-state index contributed by atoms with van der Waals surface area (Å²) in [6.45, 7) is 4.49. The molecule has 86 valence electrons. The minimum Gasteiger partial charge on any atom is -0.411 e. The lowest BCUT2D eigenvalue weighted by Crippen LogP contribution is -2.34. The van der Waals surface area contributed by atoms with Gasteiger partial charge in [0, 0.05) is 19.6 Å². The van der Waals surface area contributed by atoms with Gasteiger partial charge in [0.2, 0.25) is 0 Å². The number of nitrogens with zero attached hydrogens (tertiary/aromatic N) is 4. The largest absolute Gasteiger partial charge is 0.411 e. The van der Waals surface area contributed by atoms with Crippen molar-refractivity contribution in [3.63, 3.8) is 0 Å². The Labute approximate surface area is 88.0 Å². The van der Waals surface area contributed by atoms with Gasteiger partial charge in [0.1, 0.15) is 0 Å². The Hall–Kier alpha value is -1.63. The fraction of sp³-hybridized carbons (Fsp3) is 0.625. The van der Waals surface area contributed by atoms with Gasteiger partial charge in [0.15, 0.2) is 0 Å². The number of oxime groups is 3. The Balaban J connectivity index is 4.30. The number of hydrogen-bond acceptors (Lipinski definition) is 7. The van der Waals surface area contributed by atoms with E-state index in [4.69, 9.17) is 15.6 Å². The Morgan fingerprint density at radius 1 is 1.07 bits per heavy atom. The van der Waals surface area contributed by atoms with E-state index in [-0.39, 0.29) is 0 Å². The van der Waals surface area contributed by atoms with E-state index >= 15 is 0 Å². The first-order valence-electron chi connectivity index (χ1n) is 4.37. The number of rotatable bonds is 6. The maximum Gasteiger partial charge on any atom is 0.0680 e. The first kappa shape index (κ1) is 13.4. The van der Waals surface area contributed by atoms with Gasteiger partial charge in [-0.15, -0.1) is 5.16 Å². The van der Waals surface area contributed by atoms with Crippen molar-refractivity contribution in [3.05, 3.63) is 0 Å². The maximum atomic E-state index is 8.50. The predicted molar refractivity (Wildman–Crippen MR) is 56.5 cm³/mol. The third-order valence-electron chi connectivity index (χ3n) is 1.67. The van der Waals surface area contributed by atoms with Crippen LogP contribution in [0.4, 0.5) is 0 Å². The molecule has 15 heavy (non-hydrogen) atoms. The highest BCUT2D eigenvalue weighted by molar-refractivity contribution is 5.86. The predicted octanol–water partition coefficient (Wildman–Crippen LogP) is 0.449. The molecule has 0 rings (SSSR count). The fourth-order valence-electron chi connectivity index (χ4n) is 1.05. The average molecular weight is 216 g/mol. The summed E-state index contributed by atoms with van der Waals surface area (Å²) in [6, 6.07) is 0. The molecule has 0 amide bonds. The van der Waals surface area contributed by atoms with Crippen LogP contribution in [0.5, 0.6) is 0 Å². The summed E-state index contributed by atoms with van der Waals surface area (Å²) in [5.41, 5.74) is 1.04. The first-order valence-corrected chi connectivity index (χ1v) is 4.37. The van der Waals surface area contributed by atoms with Crippen LogP contribution in [0.15, 0.2) is 15.5 Å². The molecule has 0 unspecified atom stereocenters. The van der Waals surface area contributed by atoms with Crippen molar-refractivity contribution in [2.75, 3.05) is 19.6 Å². The van der Waals surface area contributed by atoms with E-state index in [9.17, 15) is 0 Å². The molecule has 0 aromatic rings. The van der Waals surface area contributed by atoms with Gasteiger partial charge in [-0.05, 0) is 13.8 Å². The average Bonchev–Trinajstić information content (AvgIpc) is 2.25. The monoisotopic (exact) mass is 216 g/mol. The van der Waals surface area contributed by atoms with Crippen molar-refractivity contribution in [2.45, 2.75) is 13.8 Å². The van der Waals surface area contributed by atoms with Crippen LogP contribution in [-0.4, -0.2) is 57.8 Å². The SMILES string of the molecule is C/C(CN(C/C=N\O)C/C(C)=N/O)=N\O. The second-order valence-electron chi connectivity index (χ2n) is 3.14. The molecule has 0 radical (unpaired) electrons. The summed E-state index contributed by atoms with van der Waals surface area (Å²) >= 11 is 0. The minimum absolute atomic E-state index is 0.371. The molecule has 7 heteroatoms. The standard InChI is InChI=1S/C8H16N4O3/c1-7(10-14)5-12(4-3-9-13)6-8(2)11-15/h3,13-15H,4-6H2,1-2H3/b9-3-,10-7+,11-8+.